The van der Waals surface area contributed by atoms with E-state index < -0.39 is 6.16 Å². The number of carboxylic acid groups (broad SMARTS) is 2. The molecule has 5 heteroatoms. The first-order chi connectivity index (χ1) is 2.73. The smallest absolute Gasteiger partial charge is 1.00 e. The molecule has 0 unspecified atom stereocenters. The molecule has 0 aliphatic carbocycles. The number of nitriles is 1. The van der Waals surface area contributed by atoms with Crippen LogP contribution < -0.4 is 0 Å². The fraction of sp³-hybridized carbons (Fsp3) is 0. The zero-order chi connectivity index (χ0) is 5.58. The van der Waals surface area contributed by atoms with Gasteiger partial charge in [0.15, 0.2) is 0 Å². The summed E-state index contributed by atoms with van der Waals surface area (Å²) in [5, 5.41) is 20.4. The molecule has 0 heterocycles. The average molecular weight is 131 g/mol. The fourth-order valence-corrected chi connectivity index (χ4v) is 0. The van der Waals surface area contributed by atoms with Crippen LogP contribution in [0, 0.1) is 11.8 Å². The van der Waals surface area contributed by atoms with E-state index in [-0.39, 0.29) is 40.6 Å². The molecule has 0 rings (SSSR count). The Kier molecular flexibility index (Phi) is 37.4. The molecular formula is C2H5CaNO3. The van der Waals surface area contributed by atoms with E-state index in [0.717, 1.165) is 0 Å². The summed E-state index contributed by atoms with van der Waals surface area (Å²) in [5.74, 6) is 0. The SMILES string of the molecule is C#N.O=C(O)O.[Ca+2].[H-].[H-]. The monoisotopic (exact) mass is 131 g/mol. The number of carbonyl (C=O) groups is 1. The van der Waals surface area contributed by atoms with Crippen LogP contribution in [0.5, 0.6) is 0 Å². The van der Waals surface area contributed by atoms with Gasteiger partial charge in [-0.2, -0.15) is 0 Å². The van der Waals surface area contributed by atoms with Crippen LogP contribution in [0.1, 0.15) is 2.85 Å². The summed E-state index contributed by atoms with van der Waals surface area (Å²) in [5.41, 5.74) is 0. The second-order valence-corrected chi connectivity index (χ2v) is 0.283. The van der Waals surface area contributed by atoms with Gasteiger partial charge in [-0.3, -0.25) is 0 Å². The maximum absolute atomic E-state index is 8.56. The number of hydrogen-bond acceptors (Lipinski definition) is 2. The van der Waals surface area contributed by atoms with Crippen molar-refractivity contribution in [3.05, 3.63) is 0 Å². The predicted molar refractivity (Wildman–Crippen MR) is 25.3 cm³/mol. The van der Waals surface area contributed by atoms with E-state index in [2.05, 4.69) is 6.57 Å². The standard InChI is InChI=1S/CHN.CH2O3.Ca.2H/c1-2;2-1(3)4;;;/h1H;(H2,2,3,4);;;/q;;+2;2*-1. The molecule has 7 heavy (non-hydrogen) atoms. The predicted octanol–water partition coefficient (Wildman–Crippen LogP) is 0.206. The average Bonchev–Trinajstić information content (AvgIpc) is 1.41. The number of hydrogen-bond donors (Lipinski definition) is 2. The molecule has 0 aromatic carbocycles. The molecule has 0 spiro atoms. The van der Waals surface area contributed by atoms with Gasteiger partial charge < -0.3 is 13.1 Å². The largest absolute Gasteiger partial charge is 2.00 e. The summed E-state index contributed by atoms with van der Waals surface area (Å²) < 4.78 is 0. The Bertz CT molecular complexity index is 64.1. The van der Waals surface area contributed by atoms with Crippen molar-refractivity contribution in [2.75, 3.05) is 0 Å². The Morgan fingerprint density at radius 2 is 1.57 bits per heavy atom. The van der Waals surface area contributed by atoms with Crippen molar-refractivity contribution in [1.29, 1.82) is 5.26 Å². The summed E-state index contributed by atoms with van der Waals surface area (Å²) in [7, 11) is 0. The maximum Gasteiger partial charge on any atom is 2.00 e. The van der Waals surface area contributed by atoms with Crippen molar-refractivity contribution in [3.8, 4) is 6.57 Å². The zero-order valence-corrected chi connectivity index (χ0v) is 5.74. The van der Waals surface area contributed by atoms with E-state index in [1.54, 1.807) is 0 Å². The van der Waals surface area contributed by atoms with Gasteiger partial charge in [-0.1, -0.05) is 0 Å². The minimum Gasteiger partial charge on any atom is -1.00 e. The van der Waals surface area contributed by atoms with E-state index in [9.17, 15) is 0 Å². The molecule has 0 fully saturated rings. The topological polar surface area (TPSA) is 81.3 Å². The molecule has 2 N–H and O–H groups in total. The van der Waals surface area contributed by atoms with E-state index in [1.165, 1.54) is 0 Å². The summed E-state index contributed by atoms with van der Waals surface area (Å²) >= 11 is 0. The quantitative estimate of drug-likeness (QED) is 0.460. The normalized spacial score (nSPS) is 3.71. The van der Waals surface area contributed by atoms with Crippen LogP contribution in [-0.4, -0.2) is 54.1 Å². The Morgan fingerprint density at radius 3 is 1.57 bits per heavy atom. The van der Waals surface area contributed by atoms with Gasteiger partial charge in [0.05, 0.1) is 0 Å². The Morgan fingerprint density at radius 1 is 1.57 bits per heavy atom. The Hall–Kier alpha value is 0.0197. The van der Waals surface area contributed by atoms with Crippen molar-refractivity contribution < 1.29 is 17.9 Å². The third kappa shape index (κ3) is 250000. The van der Waals surface area contributed by atoms with Gasteiger partial charge >= 0.3 is 43.9 Å². The molecule has 0 atom stereocenters. The summed E-state index contributed by atoms with van der Waals surface area (Å²) in [6.07, 6.45) is -1.83. The van der Waals surface area contributed by atoms with Crippen LogP contribution in [0.2, 0.25) is 0 Å². The van der Waals surface area contributed by atoms with Crippen molar-refractivity contribution in [2.24, 2.45) is 0 Å². The minimum absolute atomic E-state index is 0. The van der Waals surface area contributed by atoms with Crippen molar-refractivity contribution in [2.45, 2.75) is 0 Å². The Balaban J connectivity index is -0.00000000990. The molecular weight excluding hydrogens is 126 g/mol. The molecule has 0 bridgehead atoms. The van der Waals surface area contributed by atoms with Crippen LogP contribution in [0.25, 0.3) is 0 Å². The Labute approximate surface area is 73.3 Å². The fourth-order valence-electron chi connectivity index (χ4n) is 0. The molecule has 0 radical (unpaired) electrons. The van der Waals surface area contributed by atoms with E-state index in [0.29, 0.717) is 0 Å². The summed E-state index contributed by atoms with van der Waals surface area (Å²) in [4.78, 5) is 8.56. The van der Waals surface area contributed by atoms with Crippen molar-refractivity contribution >= 4 is 43.9 Å². The molecule has 0 saturated heterocycles. The zero-order valence-electron chi connectivity index (χ0n) is 5.53. The van der Waals surface area contributed by atoms with Gasteiger partial charge in [0.25, 0.3) is 0 Å². The molecule has 0 amide bonds. The first-order valence-electron chi connectivity index (χ1n) is 0.910. The third-order valence-electron chi connectivity index (χ3n) is 0. The van der Waals surface area contributed by atoms with E-state index in [1.807, 2.05) is 0 Å². The molecule has 0 aromatic rings. The van der Waals surface area contributed by atoms with Crippen molar-refractivity contribution in [3.63, 3.8) is 0 Å². The molecule has 0 aliphatic heterocycles. The molecule has 0 aliphatic rings. The van der Waals surface area contributed by atoms with Gasteiger partial charge in [-0.15, -0.1) is 0 Å². The summed E-state index contributed by atoms with van der Waals surface area (Å²) in [6.45, 7) is 3.50. The van der Waals surface area contributed by atoms with E-state index in [4.69, 9.17) is 20.3 Å². The van der Waals surface area contributed by atoms with Crippen LogP contribution in [0.15, 0.2) is 0 Å². The second kappa shape index (κ2) is 16.6. The van der Waals surface area contributed by atoms with E-state index >= 15 is 0 Å². The van der Waals surface area contributed by atoms with Crippen LogP contribution >= 0.6 is 0 Å². The van der Waals surface area contributed by atoms with Gasteiger partial charge in [0, 0.05) is 6.57 Å². The van der Waals surface area contributed by atoms with Gasteiger partial charge in [-0.25, -0.2) is 10.1 Å². The second-order valence-electron chi connectivity index (χ2n) is 0.283. The molecule has 38 valence electrons. The molecule has 4 nitrogen and oxygen atoms in total. The molecule has 0 saturated carbocycles. The maximum atomic E-state index is 8.56. The van der Waals surface area contributed by atoms with Gasteiger partial charge in [0.2, 0.25) is 0 Å². The first-order valence-corrected chi connectivity index (χ1v) is 0.910. The molecule has 0 aromatic heterocycles. The minimum atomic E-state index is -1.83. The van der Waals surface area contributed by atoms with Crippen LogP contribution in [0.3, 0.4) is 0 Å². The van der Waals surface area contributed by atoms with Crippen LogP contribution in [0.4, 0.5) is 4.79 Å². The first kappa shape index (κ1) is 15.7. The van der Waals surface area contributed by atoms with Crippen LogP contribution in [-0.2, 0) is 0 Å². The van der Waals surface area contributed by atoms with Crippen molar-refractivity contribution in [1.82, 2.24) is 0 Å². The van der Waals surface area contributed by atoms with Gasteiger partial charge in [0.1, 0.15) is 0 Å². The summed E-state index contributed by atoms with van der Waals surface area (Å²) in [6, 6.07) is 0. The number of rotatable bonds is 0. The van der Waals surface area contributed by atoms with Gasteiger partial charge in [-0.05, 0) is 0 Å². The number of nitrogens with zero attached hydrogens (tertiary/aromatic N) is 1. The third-order valence-corrected chi connectivity index (χ3v) is 0.